The predicted molar refractivity (Wildman–Crippen MR) is 143 cm³/mol. The molecule has 0 aliphatic heterocycles. The van der Waals surface area contributed by atoms with Gasteiger partial charge < -0.3 is 9.88 Å². The average Bonchev–Trinajstić information content (AvgIpc) is 3.08. The summed E-state index contributed by atoms with van der Waals surface area (Å²) in [5, 5.41) is 3.13. The Kier molecular flexibility index (Phi) is 7.66. The molecule has 2 fully saturated rings. The lowest BCUT2D eigenvalue weighted by Gasteiger charge is -2.31. The molecular weight excluding hydrogens is 564 g/mol. The minimum atomic E-state index is -4.44. The highest BCUT2D eigenvalue weighted by Gasteiger charge is 2.34. The molecule has 2 aliphatic carbocycles. The maximum absolute atomic E-state index is 13.9. The van der Waals surface area contributed by atoms with Gasteiger partial charge in [-0.3, -0.25) is 4.79 Å². The van der Waals surface area contributed by atoms with Crippen molar-refractivity contribution >= 4 is 28.5 Å². The van der Waals surface area contributed by atoms with Crippen molar-refractivity contribution in [2.45, 2.75) is 101 Å². The molecule has 0 unspecified atom stereocenters. The first-order valence-corrected chi connectivity index (χ1v) is 14.0. The zero-order valence-corrected chi connectivity index (χ0v) is 23.2. The molecular formula is C28H36F3IN2O. The molecule has 3 nitrogen and oxygen atoms in total. The fourth-order valence-electron chi connectivity index (χ4n) is 5.28. The molecule has 7 heteroatoms. The van der Waals surface area contributed by atoms with Crippen LogP contribution in [-0.2, 0) is 18.1 Å². The third-order valence-electron chi connectivity index (χ3n) is 7.61. The van der Waals surface area contributed by atoms with Crippen LogP contribution in [0, 0.1) is 12.8 Å². The number of alkyl halides is 4. The number of hydrogen-bond acceptors (Lipinski definition) is 1. The third kappa shape index (κ3) is 6.08. The van der Waals surface area contributed by atoms with E-state index in [9.17, 15) is 18.0 Å². The Bertz CT molecular complexity index is 1040. The summed E-state index contributed by atoms with van der Waals surface area (Å²) in [7, 11) is 0. The van der Waals surface area contributed by atoms with E-state index in [0.29, 0.717) is 32.2 Å². The van der Waals surface area contributed by atoms with Crippen molar-refractivity contribution in [1.82, 2.24) is 9.88 Å². The van der Waals surface area contributed by atoms with E-state index in [0.717, 1.165) is 37.9 Å². The molecule has 4 rings (SSSR count). The van der Waals surface area contributed by atoms with Gasteiger partial charge in [-0.15, -0.1) is 0 Å². The molecule has 35 heavy (non-hydrogen) atoms. The van der Waals surface area contributed by atoms with Crippen LogP contribution >= 0.6 is 22.6 Å². The third-order valence-corrected chi connectivity index (χ3v) is 8.63. The zero-order chi connectivity index (χ0) is 25.5. The molecule has 0 radical (unpaired) electrons. The number of aromatic nitrogens is 1. The molecule has 1 heterocycles. The fraction of sp³-hybridized carbons (Fsp3) is 0.607. The molecule has 192 valence electrons. The van der Waals surface area contributed by atoms with Crippen LogP contribution in [0.4, 0.5) is 13.2 Å². The maximum Gasteiger partial charge on any atom is 0.416 e. The van der Waals surface area contributed by atoms with E-state index >= 15 is 0 Å². The molecule has 2 aromatic rings. The van der Waals surface area contributed by atoms with E-state index in [-0.39, 0.29) is 11.9 Å². The summed E-state index contributed by atoms with van der Waals surface area (Å²) in [6.07, 6.45) is 3.33. The standard InChI is InChI=1S/C28H36F3IN2O/c1-17-24(26(35)33-23-13-22(32)14-23)15-25(34(17)16-18-8-6-5-7-9-18)19-10-20(27(2,3)4)12-21(11-19)28(29,30)31/h10-12,15,18,22-23H,5-9,13-14,16H2,1-4H3,(H,33,35)/t22-,23-. The highest BCUT2D eigenvalue weighted by atomic mass is 127. The topological polar surface area (TPSA) is 34.0 Å². The summed E-state index contributed by atoms with van der Waals surface area (Å²) in [6, 6.07) is 6.37. The first-order valence-electron chi connectivity index (χ1n) is 12.7. The number of hydrogen-bond donors (Lipinski definition) is 1. The number of benzene rings is 1. The Labute approximate surface area is 220 Å². The van der Waals surface area contributed by atoms with Gasteiger partial charge in [0.25, 0.3) is 5.91 Å². The van der Waals surface area contributed by atoms with Crippen LogP contribution in [0.25, 0.3) is 11.3 Å². The molecule has 1 aromatic heterocycles. The zero-order valence-electron chi connectivity index (χ0n) is 21.1. The minimum absolute atomic E-state index is 0.123. The SMILES string of the molecule is Cc1c(C(=O)N[C@H]2C[C@H](I)C2)cc(-c2cc(C(C)(C)C)cc(C(F)(F)F)c2)n1CC1CCCCC1. The number of nitrogens with zero attached hydrogens (tertiary/aromatic N) is 1. The van der Waals surface area contributed by atoms with E-state index in [4.69, 9.17) is 0 Å². The largest absolute Gasteiger partial charge is 0.416 e. The Hall–Kier alpha value is -1.51. The van der Waals surface area contributed by atoms with Crippen LogP contribution in [0.1, 0.15) is 92.9 Å². The monoisotopic (exact) mass is 600 g/mol. The van der Waals surface area contributed by atoms with Gasteiger partial charge in [-0.1, -0.05) is 62.6 Å². The first kappa shape index (κ1) is 26.6. The molecule has 0 saturated heterocycles. The van der Waals surface area contributed by atoms with Gasteiger partial charge in [-0.2, -0.15) is 13.2 Å². The highest BCUT2D eigenvalue weighted by molar-refractivity contribution is 14.1. The first-order chi connectivity index (χ1) is 16.3. The Morgan fingerprint density at radius 2 is 1.66 bits per heavy atom. The molecule has 0 bridgehead atoms. The van der Waals surface area contributed by atoms with Gasteiger partial charge in [-0.25, -0.2) is 0 Å². The average molecular weight is 601 g/mol. The van der Waals surface area contributed by atoms with E-state index in [1.807, 2.05) is 39.8 Å². The van der Waals surface area contributed by atoms with Crippen molar-refractivity contribution in [3.8, 4) is 11.3 Å². The molecule has 1 N–H and O–H groups in total. The van der Waals surface area contributed by atoms with Crippen molar-refractivity contribution in [2.75, 3.05) is 0 Å². The molecule has 0 spiro atoms. The van der Waals surface area contributed by atoms with Crippen LogP contribution in [-0.4, -0.2) is 20.4 Å². The van der Waals surface area contributed by atoms with Gasteiger partial charge in [0, 0.05) is 27.9 Å². The van der Waals surface area contributed by atoms with Crippen molar-refractivity contribution in [3.05, 3.63) is 46.6 Å². The van der Waals surface area contributed by atoms with Gasteiger partial charge in [-0.05, 0) is 79.3 Å². The number of carbonyl (C=O) groups is 1. The van der Waals surface area contributed by atoms with Gasteiger partial charge in [0.1, 0.15) is 0 Å². The van der Waals surface area contributed by atoms with Crippen molar-refractivity contribution in [2.24, 2.45) is 5.92 Å². The molecule has 0 atom stereocenters. The lowest BCUT2D eigenvalue weighted by atomic mass is 9.84. The van der Waals surface area contributed by atoms with E-state index < -0.39 is 17.2 Å². The minimum Gasteiger partial charge on any atom is -0.349 e. The van der Waals surface area contributed by atoms with Crippen LogP contribution in [0.5, 0.6) is 0 Å². The lowest BCUT2D eigenvalue weighted by molar-refractivity contribution is -0.137. The Morgan fingerprint density at radius 3 is 2.23 bits per heavy atom. The van der Waals surface area contributed by atoms with E-state index in [1.165, 1.54) is 31.4 Å². The second-order valence-electron chi connectivity index (χ2n) is 11.4. The van der Waals surface area contributed by atoms with E-state index in [2.05, 4.69) is 32.5 Å². The molecule has 1 amide bonds. The van der Waals surface area contributed by atoms with Crippen molar-refractivity contribution in [1.29, 1.82) is 0 Å². The summed E-state index contributed by atoms with van der Waals surface area (Å²) in [6.45, 7) is 8.44. The number of nitrogens with one attached hydrogen (secondary N) is 1. The van der Waals surface area contributed by atoms with Crippen LogP contribution < -0.4 is 5.32 Å². The number of halogens is 4. The quantitative estimate of drug-likeness (QED) is 0.274. The lowest BCUT2D eigenvalue weighted by Crippen LogP contribution is -2.44. The van der Waals surface area contributed by atoms with Crippen molar-refractivity contribution < 1.29 is 18.0 Å². The molecule has 2 aliphatic rings. The number of rotatable bonds is 5. The summed E-state index contributed by atoms with van der Waals surface area (Å²) in [5.41, 5.74) is 2.20. The summed E-state index contributed by atoms with van der Waals surface area (Å²) in [5.74, 6) is 0.353. The fourth-order valence-corrected chi connectivity index (χ4v) is 6.51. The van der Waals surface area contributed by atoms with Gasteiger partial charge >= 0.3 is 6.18 Å². The van der Waals surface area contributed by atoms with Gasteiger partial charge in [0.05, 0.1) is 11.1 Å². The van der Waals surface area contributed by atoms with Crippen LogP contribution in [0.15, 0.2) is 24.3 Å². The van der Waals surface area contributed by atoms with Crippen LogP contribution in [0.2, 0.25) is 0 Å². The second-order valence-corrected chi connectivity index (χ2v) is 13.2. The molecule has 1 aromatic carbocycles. The second kappa shape index (κ2) is 10.1. The highest BCUT2D eigenvalue weighted by Crippen LogP contribution is 2.39. The molecule has 2 saturated carbocycles. The number of amides is 1. The van der Waals surface area contributed by atoms with Crippen molar-refractivity contribution in [3.63, 3.8) is 0 Å². The maximum atomic E-state index is 13.9. The summed E-state index contributed by atoms with van der Waals surface area (Å²) in [4.78, 5) is 13.2. The Morgan fingerprint density at radius 1 is 1.03 bits per heavy atom. The Balaban J connectivity index is 1.79. The van der Waals surface area contributed by atoms with Crippen LogP contribution in [0.3, 0.4) is 0 Å². The smallest absolute Gasteiger partial charge is 0.349 e. The summed E-state index contributed by atoms with van der Waals surface area (Å²) >= 11 is 2.40. The summed E-state index contributed by atoms with van der Waals surface area (Å²) < 4.78 is 44.4. The predicted octanol–water partition coefficient (Wildman–Crippen LogP) is 8.06. The van der Waals surface area contributed by atoms with Gasteiger partial charge in [0.15, 0.2) is 0 Å². The van der Waals surface area contributed by atoms with E-state index in [1.54, 1.807) is 0 Å². The normalized spacial score (nSPS) is 21.6. The number of carbonyl (C=O) groups excluding carboxylic acids is 1. The van der Waals surface area contributed by atoms with Gasteiger partial charge in [0.2, 0.25) is 0 Å².